The molecule has 2 aliphatic heterocycles. The van der Waals surface area contributed by atoms with E-state index in [1.807, 2.05) is 15.9 Å². The third kappa shape index (κ3) is 4.53. The number of amides is 2. The minimum absolute atomic E-state index is 0.178. The lowest BCUT2D eigenvalue weighted by Crippen LogP contribution is -2.54. The van der Waals surface area contributed by atoms with E-state index in [0.29, 0.717) is 19.4 Å². The normalized spacial score (nSPS) is 22.0. The van der Waals surface area contributed by atoms with Gasteiger partial charge in [-0.3, -0.25) is 9.59 Å². The number of likely N-dealkylation sites (tertiary alicyclic amines) is 1. The highest BCUT2D eigenvalue weighted by molar-refractivity contribution is 5.79. The van der Waals surface area contributed by atoms with Crippen molar-refractivity contribution in [2.45, 2.75) is 45.1 Å². The first-order valence-electron chi connectivity index (χ1n) is 9.52. The lowest BCUT2D eigenvalue weighted by atomic mass is 10.1. The van der Waals surface area contributed by atoms with Crippen LogP contribution in [-0.2, 0) is 9.59 Å². The van der Waals surface area contributed by atoms with E-state index in [4.69, 9.17) is 0 Å². The first-order chi connectivity index (χ1) is 12.1. The van der Waals surface area contributed by atoms with Crippen LogP contribution in [-0.4, -0.2) is 60.4 Å². The van der Waals surface area contributed by atoms with E-state index in [2.05, 4.69) is 36.1 Å². The first-order valence-corrected chi connectivity index (χ1v) is 9.52. The molecule has 0 saturated carbocycles. The van der Waals surface area contributed by atoms with Crippen molar-refractivity contribution in [2.24, 2.45) is 0 Å². The predicted molar refractivity (Wildman–Crippen MR) is 99.5 cm³/mol. The van der Waals surface area contributed by atoms with Crippen LogP contribution in [0.15, 0.2) is 30.3 Å². The van der Waals surface area contributed by atoms with Gasteiger partial charge >= 0.3 is 0 Å². The van der Waals surface area contributed by atoms with Crippen LogP contribution in [0.5, 0.6) is 0 Å². The van der Waals surface area contributed by atoms with Gasteiger partial charge in [0.15, 0.2) is 0 Å². The summed E-state index contributed by atoms with van der Waals surface area (Å²) >= 11 is 0. The summed E-state index contributed by atoms with van der Waals surface area (Å²) in [6.07, 6.45) is 4.25. The number of hydrogen-bond acceptors (Lipinski definition) is 3. The molecule has 5 nitrogen and oxygen atoms in total. The minimum atomic E-state index is 0.178. The average Bonchev–Trinajstić information content (AvgIpc) is 2.84. The van der Waals surface area contributed by atoms with E-state index in [-0.39, 0.29) is 17.9 Å². The lowest BCUT2D eigenvalue weighted by Gasteiger charge is -2.41. The zero-order valence-corrected chi connectivity index (χ0v) is 15.2. The maximum absolute atomic E-state index is 12.7. The van der Waals surface area contributed by atoms with Gasteiger partial charge in [-0.05, 0) is 31.9 Å². The van der Waals surface area contributed by atoms with Gasteiger partial charge in [0.2, 0.25) is 11.8 Å². The number of carbonyl (C=O) groups excluding carboxylic acids is 2. The Labute approximate surface area is 150 Å². The second-order valence-corrected chi connectivity index (χ2v) is 7.16. The van der Waals surface area contributed by atoms with E-state index in [1.165, 1.54) is 5.69 Å². The van der Waals surface area contributed by atoms with E-state index in [9.17, 15) is 9.59 Å². The number of carbonyl (C=O) groups is 2. The van der Waals surface area contributed by atoms with Gasteiger partial charge in [-0.15, -0.1) is 0 Å². The van der Waals surface area contributed by atoms with Crippen molar-refractivity contribution in [3.8, 4) is 0 Å². The van der Waals surface area contributed by atoms with Gasteiger partial charge < -0.3 is 14.7 Å². The third-order valence-electron chi connectivity index (χ3n) is 5.34. The Kier molecular flexibility index (Phi) is 5.95. The maximum atomic E-state index is 12.7. The lowest BCUT2D eigenvalue weighted by molar-refractivity contribution is -0.135. The molecule has 0 bridgehead atoms. The summed E-state index contributed by atoms with van der Waals surface area (Å²) in [5.74, 6) is 0.393. The van der Waals surface area contributed by atoms with Gasteiger partial charge in [-0.25, -0.2) is 0 Å². The molecule has 0 N–H and O–H groups in total. The Bertz CT molecular complexity index is 590. The molecule has 1 unspecified atom stereocenters. The van der Waals surface area contributed by atoms with Gasteiger partial charge in [-0.2, -0.15) is 0 Å². The summed E-state index contributed by atoms with van der Waals surface area (Å²) < 4.78 is 0. The number of hydrogen-bond donors (Lipinski definition) is 0. The number of anilines is 1. The second kappa shape index (κ2) is 8.37. The molecule has 136 valence electrons. The molecule has 2 amide bonds. The maximum Gasteiger partial charge on any atom is 0.224 e. The Morgan fingerprint density at radius 2 is 1.88 bits per heavy atom. The largest absolute Gasteiger partial charge is 0.368 e. The molecule has 1 aromatic rings. The third-order valence-corrected chi connectivity index (χ3v) is 5.34. The van der Waals surface area contributed by atoms with E-state index < -0.39 is 0 Å². The van der Waals surface area contributed by atoms with Crippen LogP contribution in [0.1, 0.15) is 39.0 Å². The van der Waals surface area contributed by atoms with Crippen molar-refractivity contribution in [3.63, 3.8) is 0 Å². The fraction of sp³-hybridized carbons (Fsp3) is 0.600. The van der Waals surface area contributed by atoms with E-state index in [0.717, 1.165) is 45.4 Å². The molecule has 2 heterocycles. The molecule has 25 heavy (non-hydrogen) atoms. The topological polar surface area (TPSA) is 43.9 Å². The predicted octanol–water partition coefficient (Wildman–Crippen LogP) is 2.52. The molecule has 0 aliphatic carbocycles. The summed E-state index contributed by atoms with van der Waals surface area (Å²) in [5, 5.41) is 0. The van der Waals surface area contributed by atoms with Gasteiger partial charge in [0, 0.05) is 57.3 Å². The molecule has 2 fully saturated rings. The number of nitrogens with zero attached hydrogens (tertiary/aromatic N) is 3. The van der Waals surface area contributed by atoms with Gasteiger partial charge in [0.1, 0.15) is 0 Å². The van der Waals surface area contributed by atoms with E-state index >= 15 is 0 Å². The van der Waals surface area contributed by atoms with Crippen LogP contribution in [0, 0.1) is 0 Å². The molecule has 3 rings (SSSR count). The van der Waals surface area contributed by atoms with Crippen LogP contribution in [0.4, 0.5) is 5.69 Å². The van der Waals surface area contributed by atoms with Crippen molar-refractivity contribution in [2.75, 3.05) is 37.6 Å². The summed E-state index contributed by atoms with van der Waals surface area (Å²) in [7, 11) is 0. The van der Waals surface area contributed by atoms with Crippen molar-refractivity contribution in [3.05, 3.63) is 30.3 Å². The summed E-state index contributed by atoms with van der Waals surface area (Å²) in [4.78, 5) is 30.9. The zero-order valence-electron chi connectivity index (χ0n) is 15.2. The Morgan fingerprint density at radius 1 is 1.08 bits per heavy atom. The number of piperazine rings is 1. The van der Waals surface area contributed by atoms with Crippen molar-refractivity contribution in [1.29, 1.82) is 0 Å². The van der Waals surface area contributed by atoms with Gasteiger partial charge in [0.05, 0.1) is 0 Å². The highest BCUT2D eigenvalue weighted by Crippen LogP contribution is 2.19. The van der Waals surface area contributed by atoms with Gasteiger partial charge in [0.25, 0.3) is 0 Å². The number of rotatable bonds is 4. The Morgan fingerprint density at radius 3 is 2.64 bits per heavy atom. The standard InChI is InChI=1S/C20H29N3O2/c1-17-16-22(18-8-4-2-5-9-18)14-15-23(17)20(25)11-13-21-12-7-3-6-10-19(21)24/h2,4-5,8-9,17H,3,6-7,10-16H2,1H3. The summed E-state index contributed by atoms with van der Waals surface area (Å²) in [6, 6.07) is 10.6. The monoisotopic (exact) mass is 343 g/mol. The smallest absolute Gasteiger partial charge is 0.224 e. The van der Waals surface area contributed by atoms with Crippen LogP contribution in [0.25, 0.3) is 0 Å². The highest BCUT2D eigenvalue weighted by atomic mass is 16.2. The van der Waals surface area contributed by atoms with Gasteiger partial charge in [-0.1, -0.05) is 24.6 Å². The second-order valence-electron chi connectivity index (χ2n) is 7.16. The molecule has 0 spiro atoms. The summed E-state index contributed by atoms with van der Waals surface area (Å²) in [5.41, 5.74) is 1.22. The average molecular weight is 343 g/mol. The number of benzene rings is 1. The molecule has 1 aromatic carbocycles. The van der Waals surface area contributed by atoms with Crippen molar-refractivity contribution < 1.29 is 9.59 Å². The Hall–Kier alpha value is -2.04. The molecule has 0 aromatic heterocycles. The fourth-order valence-corrected chi connectivity index (χ4v) is 3.85. The quantitative estimate of drug-likeness (QED) is 0.844. The Balaban J connectivity index is 1.50. The van der Waals surface area contributed by atoms with Crippen molar-refractivity contribution in [1.82, 2.24) is 9.80 Å². The van der Waals surface area contributed by atoms with Crippen LogP contribution in [0.2, 0.25) is 0 Å². The van der Waals surface area contributed by atoms with E-state index in [1.54, 1.807) is 0 Å². The molecule has 5 heteroatoms. The molecule has 0 radical (unpaired) electrons. The highest BCUT2D eigenvalue weighted by Gasteiger charge is 2.28. The summed E-state index contributed by atoms with van der Waals surface area (Å²) in [6.45, 7) is 5.97. The van der Waals surface area contributed by atoms with Crippen LogP contribution < -0.4 is 4.90 Å². The molecule has 2 saturated heterocycles. The molecular weight excluding hydrogens is 314 g/mol. The van der Waals surface area contributed by atoms with Crippen LogP contribution >= 0.6 is 0 Å². The van der Waals surface area contributed by atoms with Crippen LogP contribution in [0.3, 0.4) is 0 Å². The molecule has 1 atom stereocenters. The number of para-hydroxylation sites is 1. The van der Waals surface area contributed by atoms with Crippen molar-refractivity contribution >= 4 is 17.5 Å². The minimum Gasteiger partial charge on any atom is -0.368 e. The molecular formula is C20H29N3O2. The first kappa shape index (κ1) is 17.8. The zero-order chi connectivity index (χ0) is 17.6. The fourth-order valence-electron chi connectivity index (χ4n) is 3.85. The SMILES string of the molecule is CC1CN(c2ccccc2)CCN1C(=O)CCN1CCCCCC1=O. The molecule has 2 aliphatic rings.